The molecule has 82 valence electrons. The van der Waals surface area contributed by atoms with Crippen molar-refractivity contribution in [3.8, 4) is 11.3 Å². The quantitative estimate of drug-likeness (QED) is 0.746. The number of nitrogens with zero attached hydrogens (tertiary/aromatic N) is 1. The van der Waals surface area contributed by atoms with Crippen molar-refractivity contribution in [3.63, 3.8) is 0 Å². The molecule has 0 aliphatic rings. The van der Waals surface area contributed by atoms with Gasteiger partial charge in [-0.25, -0.2) is 9.37 Å². The molecule has 1 aromatic carbocycles. The van der Waals surface area contributed by atoms with Crippen LogP contribution in [0.15, 0.2) is 23.6 Å². The van der Waals surface area contributed by atoms with E-state index in [1.807, 2.05) is 5.38 Å². The number of aromatic nitrogens is 1. The molecule has 0 unspecified atom stereocenters. The first-order valence-electron chi connectivity index (χ1n) is 4.81. The number of hydrogen-bond donors (Lipinski definition) is 0. The van der Waals surface area contributed by atoms with E-state index in [4.69, 9.17) is 0 Å². The van der Waals surface area contributed by atoms with Gasteiger partial charge < -0.3 is 0 Å². The van der Waals surface area contributed by atoms with Crippen molar-refractivity contribution >= 4 is 17.1 Å². The molecule has 0 radical (unpaired) electrons. The average molecular weight is 235 g/mol. The Balaban J connectivity index is 2.42. The summed E-state index contributed by atoms with van der Waals surface area (Å²) in [4.78, 5) is 15.3. The first-order valence-corrected chi connectivity index (χ1v) is 5.69. The van der Waals surface area contributed by atoms with Crippen LogP contribution >= 0.6 is 11.3 Å². The van der Waals surface area contributed by atoms with Crippen LogP contribution in [0, 0.1) is 12.7 Å². The molecular weight excluding hydrogens is 225 g/mol. The molecule has 0 amide bonds. The molecular formula is C12H10FNOS. The molecule has 1 heterocycles. The van der Waals surface area contributed by atoms with Gasteiger partial charge in [-0.1, -0.05) is 0 Å². The Morgan fingerprint density at radius 3 is 2.75 bits per heavy atom. The van der Waals surface area contributed by atoms with Crippen LogP contribution in [-0.2, 0) is 0 Å². The second kappa shape index (κ2) is 4.14. The summed E-state index contributed by atoms with van der Waals surface area (Å²) < 4.78 is 13.1. The lowest BCUT2D eigenvalue weighted by Gasteiger charge is -1.99. The standard InChI is InChI=1S/C12H10FNOS/c1-7-5-9(3-4-10(7)13)11-6-16-12(14-11)8(2)15/h3-6H,1-2H3. The predicted molar refractivity (Wildman–Crippen MR) is 62.2 cm³/mol. The van der Waals surface area contributed by atoms with Gasteiger partial charge in [-0.15, -0.1) is 11.3 Å². The highest BCUT2D eigenvalue weighted by Gasteiger charge is 2.08. The highest BCUT2D eigenvalue weighted by Crippen LogP contribution is 2.23. The monoisotopic (exact) mass is 235 g/mol. The zero-order chi connectivity index (χ0) is 11.7. The fourth-order valence-electron chi connectivity index (χ4n) is 1.37. The van der Waals surface area contributed by atoms with Crippen molar-refractivity contribution in [1.29, 1.82) is 0 Å². The lowest BCUT2D eigenvalue weighted by Crippen LogP contribution is -1.90. The van der Waals surface area contributed by atoms with E-state index >= 15 is 0 Å². The molecule has 2 nitrogen and oxygen atoms in total. The first-order chi connectivity index (χ1) is 7.58. The summed E-state index contributed by atoms with van der Waals surface area (Å²) in [5.74, 6) is -0.277. The van der Waals surface area contributed by atoms with Crippen molar-refractivity contribution in [2.45, 2.75) is 13.8 Å². The Labute approximate surface area is 96.8 Å². The maximum Gasteiger partial charge on any atom is 0.188 e. The molecule has 0 aliphatic heterocycles. The Kier molecular flexibility index (Phi) is 2.83. The lowest BCUT2D eigenvalue weighted by molar-refractivity contribution is 0.101. The van der Waals surface area contributed by atoms with Crippen LogP contribution in [0.3, 0.4) is 0 Å². The third kappa shape index (κ3) is 2.02. The Hall–Kier alpha value is -1.55. The normalized spacial score (nSPS) is 10.4. The molecule has 16 heavy (non-hydrogen) atoms. The Morgan fingerprint density at radius 1 is 1.44 bits per heavy atom. The summed E-state index contributed by atoms with van der Waals surface area (Å²) in [6.07, 6.45) is 0. The molecule has 0 aliphatic carbocycles. The van der Waals surface area contributed by atoms with Crippen LogP contribution in [0.5, 0.6) is 0 Å². The van der Waals surface area contributed by atoms with Crippen LogP contribution in [0.4, 0.5) is 4.39 Å². The lowest BCUT2D eigenvalue weighted by atomic mass is 10.1. The molecule has 0 saturated heterocycles. The zero-order valence-electron chi connectivity index (χ0n) is 8.95. The number of ketones is 1. The minimum Gasteiger partial charge on any atom is -0.292 e. The van der Waals surface area contributed by atoms with E-state index in [-0.39, 0.29) is 11.6 Å². The molecule has 1 aromatic heterocycles. The summed E-state index contributed by atoms with van der Waals surface area (Å²) in [6, 6.07) is 4.81. The van der Waals surface area contributed by atoms with Crippen LogP contribution in [0.2, 0.25) is 0 Å². The highest BCUT2D eigenvalue weighted by molar-refractivity contribution is 7.12. The first kappa shape index (κ1) is 11.0. The minimum absolute atomic E-state index is 0.0462. The molecule has 4 heteroatoms. The number of carbonyl (C=O) groups is 1. The molecule has 2 aromatic rings. The van der Waals surface area contributed by atoms with Gasteiger partial charge in [0.15, 0.2) is 10.8 Å². The van der Waals surface area contributed by atoms with Gasteiger partial charge in [0.05, 0.1) is 5.69 Å². The molecule has 0 spiro atoms. The third-order valence-electron chi connectivity index (χ3n) is 2.26. The van der Waals surface area contributed by atoms with E-state index < -0.39 is 0 Å². The zero-order valence-corrected chi connectivity index (χ0v) is 9.77. The number of benzene rings is 1. The number of rotatable bonds is 2. The van der Waals surface area contributed by atoms with Gasteiger partial charge in [-0.2, -0.15) is 0 Å². The second-order valence-electron chi connectivity index (χ2n) is 3.56. The molecule has 0 N–H and O–H groups in total. The smallest absolute Gasteiger partial charge is 0.188 e. The van der Waals surface area contributed by atoms with Crippen molar-refractivity contribution in [1.82, 2.24) is 4.98 Å². The fourth-order valence-corrected chi connectivity index (χ4v) is 2.10. The fraction of sp³-hybridized carbons (Fsp3) is 0.167. The number of halogens is 1. The van der Waals surface area contributed by atoms with Crippen molar-refractivity contribution in [2.75, 3.05) is 0 Å². The molecule has 0 fully saturated rings. The van der Waals surface area contributed by atoms with Gasteiger partial charge in [0.25, 0.3) is 0 Å². The van der Waals surface area contributed by atoms with E-state index in [2.05, 4.69) is 4.98 Å². The van der Waals surface area contributed by atoms with E-state index in [0.717, 1.165) is 11.3 Å². The average Bonchev–Trinajstić information content (AvgIpc) is 2.71. The summed E-state index contributed by atoms with van der Waals surface area (Å²) in [5, 5.41) is 2.29. The molecule has 0 atom stereocenters. The van der Waals surface area contributed by atoms with Crippen LogP contribution in [0.25, 0.3) is 11.3 Å². The maximum atomic E-state index is 13.1. The predicted octanol–water partition coefficient (Wildman–Crippen LogP) is 3.46. The SMILES string of the molecule is CC(=O)c1nc(-c2ccc(F)c(C)c2)cs1. The third-order valence-corrected chi connectivity index (χ3v) is 3.20. The summed E-state index contributed by atoms with van der Waals surface area (Å²) in [6.45, 7) is 3.19. The molecule has 0 saturated carbocycles. The number of Topliss-reactive ketones (excluding diaryl/α,β-unsaturated/α-hetero) is 1. The van der Waals surface area contributed by atoms with Crippen LogP contribution < -0.4 is 0 Å². The van der Waals surface area contributed by atoms with Crippen molar-refractivity contribution in [2.24, 2.45) is 0 Å². The van der Waals surface area contributed by atoms with E-state index in [1.165, 1.54) is 24.3 Å². The van der Waals surface area contributed by atoms with E-state index in [0.29, 0.717) is 10.6 Å². The number of carbonyl (C=O) groups excluding carboxylic acids is 1. The van der Waals surface area contributed by atoms with E-state index in [9.17, 15) is 9.18 Å². The topological polar surface area (TPSA) is 30.0 Å². The molecule has 0 bridgehead atoms. The Morgan fingerprint density at radius 2 is 2.19 bits per heavy atom. The van der Waals surface area contributed by atoms with Crippen molar-refractivity contribution < 1.29 is 9.18 Å². The van der Waals surface area contributed by atoms with Crippen LogP contribution in [0.1, 0.15) is 22.3 Å². The molecule has 2 rings (SSSR count). The van der Waals surface area contributed by atoms with Gasteiger partial charge in [0, 0.05) is 17.9 Å². The Bertz CT molecular complexity index is 548. The number of thiazole rings is 1. The minimum atomic E-state index is -0.231. The largest absolute Gasteiger partial charge is 0.292 e. The van der Waals surface area contributed by atoms with E-state index in [1.54, 1.807) is 19.1 Å². The van der Waals surface area contributed by atoms with Gasteiger partial charge in [0.2, 0.25) is 0 Å². The highest BCUT2D eigenvalue weighted by atomic mass is 32.1. The number of aryl methyl sites for hydroxylation is 1. The van der Waals surface area contributed by atoms with Gasteiger partial charge in [0.1, 0.15) is 5.82 Å². The number of hydrogen-bond acceptors (Lipinski definition) is 3. The van der Waals surface area contributed by atoms with Gasteiger partial charge in [-0.3, -0.25) is 4.79 Å². The second-order valence-corrected chi connectivity index (χ2v) is 4.42. The van der Waals surface area contributed by atoms with Crippen LogP contribution in [-0.4, -0.2) is 10.8 Å². The maximum absolute atomic E-state index is 13.1. The summed E-state index contributed by atoms with van der Waals surface area (Å²) >= 11 is 1.31. The van der Waals surface area contributed by atoms with Gasteiger partial charge >= 0.3 is 0 Å². The van der Waals surface area contributed by atoms with Crippen molar-refractivity contribution in [3.05, 3.63) is 40.0 Å². The van der Waals surface area contributed by atoms with Gasteiger partial charge in [-0.05, 0) is 30.7 Å². The summed E-state index contributed by atoms with van der Waals surface area (Å²) in [7, 11) is 0. The summed E-state index contributed by atoms with van der Waals surface area (Å²) in [5.41, 5.74) is 2.14.